The van der Waals surface area contributed by atoms with E-state index in [4.69, 9.17) is 9.47 Å². The highest BCUT2D eigenvalue weighted by molar-refractivity contribution is 14.1. The Bertz CT molecular complexity index is 564. The summed E-state index contributed by atoms with van der Waals surface area (Å²) in [6.45, 7) is 2.18. The number of halogens is 1. The Morgan fingerprint density at radius 1 is 1.15 bits per heavy atom. The Balaban J connectivity index is 2.16. The van der Waals surface area contributed by atoms with E-state index in [0.717, 1.165) is 11.1 Å². The van der Waals surface area contributed by atoms with Gasteiger partial charge in [0, 0.05) is 15.2 Å². The van der Waals surface area contributed by atoms with Crippen molar-refractivity contribution in [3.8, 4) is 11.5 Å². The van der Waals surface area contributed by atoms with Crippen LogP contribution in [0.5, 0.6) is 11.5 Å². The van der Waals surface area contributed by atoms with E-state index < -0.39 is 6.10 Å². The largest absolute Gasteiger partial charge is 0.497 e. The Kier molecular flexibility index (Phi) is 5.25. The zero-order valence-corrected chi connectivity index (χ0v) is 13.6. The Hall–Kier alpha value is -1.27. The number of aliphatic hydroxyl groups excluding tert-OH is 1. The highest BCUT2D eigenvalue weighted by atomic mass is 127. The lowest BCUT2D eigenvalue weighted by molar-refractivity contribution is 0.190. The van der Waals surface area contributed by atoms with Crippen LogP contribution in [-0.2, 0) is 6.61 Å². The Morgan fingerprint density at radius 3 is 2.45 bits per heavy atom. The molecule has 20 heavy (non-hydrogen) atoms. The van der Waals surface area contributed by atoms with Gasteiger partial charge in [0.25, 0.3) is 0 Å². The van der Waals surface area contributed by atoms with Crippen molar-refractivity contribution < 1.29 is 14.6 Å². The topological polar surface area (TPSA) is 38.7 Å². The molecular formula is C16H17IO3. The van der Waals surface area contributed by atoms with Gasteiger partial charge in [-0.1, -0.05) is 12.1 Å². The zero-order chi connectivity index (χ0) is 14.5. The van der Waals surface area contributed by atoms with Gasteiger partial charge in [-0.3, -0.25) is 0 Å². The van der Waals surface area contributed by atoms with Crippen LogP contribution in [-0.4, -0.2) is 12.2 Å². The average Bonchev–Trinajstić information content (AvgIpc) is 2.46. The minimum absolute atomic E-state index is 0.462. The first kappa shape index (κ1) is 15.1. The molecule has 0 bridgehead atoms. The molecule has 2 rings (SSSR count). The van der Waals surface area contributed by atoms with Gasteiger partial charge >= 0.3 is 0 Å². The summed E-state index contributed by atoms with van der Waals surface area (Å²) in [5.41, 5.74) is 1.85. The Labute approximate surface area is 132 Å². The van der Waals surface area contributed by atoms with Gasteiger partial charge in [-0.05, 0) is 59.3 Å². The fourth-order valence-corrected chi connectivity index (χ4v) is 2.21. The maximum Gasteiger partial charge on any atom is 0.129 e. The maximum absolute atomic E-state index is 9.78. The predicted molar refractivity (Wildman–Crippen MR) is 87.1 cm³/mol. The van der Waals surface area contributed by atoms with Crippen molar-refractivity contribution >= 4 is 22.6 Å². The molecule has 4 heteroatoms. The predicted octanol–water partition coefficient (Wildman–Crippen LogP) is 3.93. The molecule has 0 fully saturated rings. The standard InChI is InChI=1S/C16H17IO3/c1-11(18)15-8-7-14(19-2)9-16(15)20-10-12-3-5-13(17)6-4-12/h3-9,11,18H,10H2,1-2H3/t11-/m0/s1. The van der Waals surface area contributed by atoms with E-state index in [0.29, 0.717) is 18.1 Å². The van der Waals surface area contributed by atoms with Crippen LogP contribution in [0.3, 0.4) is 0 Å². The molecule has 3 nitrogen and oxygen atoms in total. The number of ether oxygens (including phenoxy) is 2. The van der Waals surface area contributed by atoms with Crippen LogP contribution in [0, 0.1) is 3.57 Å². The molecule has 0 aliphatic carbocycles. The molecule has 0 aliphatic heterocycles. The van der Waals surface area contributed by atoms with E-state index >= 15 is 0 Å². The molecule has 106 valence electrons. The molecule has 0 spiro atoms. The lowest BCUT2D eigenvalue weighted by Crippen LogP contribution is -2.01. The van der Waals surface area contributed by atoms with Crippen molar-refractivity contribution in [1.29, 1.82) is 0 Å². The second-order valence-electron chi connectivity index (χ2n) is 4.49. The highest BCUT2D eigenvalue weighted by Gasteiger charge is 2.10. The fraction of sp³-hybridized carbons (Fsp3) is 0.250. The lowest BCUT2D eigenvalue weighted by Gasteiger charge is -2.15. The molecule has 0 aromatic heterocycles. The van der Waals surface area contributed by atoms with Crippen molar-refractivity contribution in [1.82, 2.24) is 0 Å². The summed E-state index contributed by atoms with van der Waals surface area (Å²) in [6, 6.07) is 13.6. The van der Waals surface area contributed by atoms with Crippen LogP contribution in [0.4, 0.5) is 0 Å². The van der Waals surface area contributed by atoms with Crippen LogP contribution >= 0.6 is 22.6 Å². The summed E-state index contributed by atoms with van der Waals surface area (Å²) in [4.78, 5) is 0. The van der Waals surface area contributed by atoms with Crippen molar-refractivity contribution in [3.63, 3.8) is 0 Å². The van der Waals surface area contributed by atoms with Crippen molar-refractivity contribution in [2.75, 3.05) is 7.11 Å². The molecule has 0 radical (unpaired) electrons. The summed E-state index contributed by atoms with van der Waals surface area (Å²) in [6.07, 6.45) is -0.576. The maximum atomic E-state index is 9.78. The van der Waals surface area contributed by atoms with Crippen LogP contribution in [0.2, 0.25) is 0 Å². The normalized spacial score (nSPS) is 12.0. The van der Waals surface area contributed by atoms with Gasteiger partial charge in [0.2, 0.25) is 0 Å². The molecule has 0 saturated heterocycles. The molecule has 0 saturated carbocycles. The first-order chi connectivity index (χ1) is 9.60. The van der Waals surface area contributed by atoms with E-state index in [9.17, 15) is 5.11 Å². The number of aliphatic hydroxyl groups is 1. The number of hydrogen-bond acceptors (Lipinski definition) is 3. The molecule has 0 amide bonds. The van der Waals surface area contributed by atoms with Gasteiger partial charge in [0.05, 0.1) is 13.2 Å². The summed E-state index contributed by atoms with van der Waals surface area (Å²) < 4.78 is 12.2. The zero-order valence-electron chi connectivity index (χ0n) is 11.5. The fourth-order valence-electron chi connectivity index (χ4n) is 1.85. The first-order valence-corrected chi connectivity index (χ1v) is 7.41. The van der Waals surface area contributed by atoms with Gasteiger partial charge in [-0.2, -0.15) is 0 Å². The van der Waals surface area contributed by atoms with Crippen LogP contribution in [0.25, 0.3) is 0 Å². The van der Waals surface area contributed by atoms with Gasteiger partial charge in [0.15, 0.2) is 0 Å². The van der Waals surface area contributed by atoms with E-state index in [2.05, 4.69) is 22.6 Å². The minimum Gasteiger partial charge on any atom is -0.497 e. The second kappa shape index (κ2) is 6.95. The average molecular weight is 384 g/mol. The molecular weight excluding hydrogens is 367 g/mol. The van der Waals surface area contributed by atoms with Gasteiger partial charge < -0.3 is 14.6 Å². The summed E-state index contributed by atoms with van der Waals surface area (Å²) >= 11 is 2.27. The van der Waals surface area contributed by atoms with Crippen molar-refractivity contribution in [2.45, 2.75) is 19.6 Å². The third-order valence-corrected chi connectivity index (χ3v) is 3.70. The lowest BCUT2D eigenvalue weighted by atomic mass is 10.1. The summed E-state index contributed by atoms with van der Waals surface area (Å²) in [5, 5.41) is 9.78. The molecule has 0 heterocycles. The smallest absolute Gasteiger partial charge is 0.129 e. The summed E-state index contributed by atoms with van der Waals surface area (Å²) in [5.74, 6) is 1.37. The minimum atomic E-state index is -0.576. The molecule has 1 atom stereocenters. The summed E-state index contributed by atoms with van der Waals surface area (Å²) in [7, 11) is 1.61. The van der Waals surface area contributed by atoms with E-state index in [1.165, 1.54) is 3.57 Å². The van der Waals surface area contributed by atoms with Crippen LogP contribution in [0.15, 0.2) is 42.5 Å². The second-order valence-corrected chi connectivity index (χ2v) is 5.74. The van der Waals surface area contributed by atoms with Gasteiger partial charge in [-0.25, -0.2) is 0 Å². The van der Waals surface area contributed by atoms with E-state index in [1.54, 1.807) is 20.1 Å². The molecule has 2 aromatic rings. The highest BCUT2D eigenvalue weighted by Crippen LogP contribution is 2.30. The van der Waals surface area contributed by atoms with E-state index in [-0.39, 0.29) is 0 Å². The number of benzene rings is 2. The van der Waals surface area contributed by atoms with Crippen LogP contribution < -0.4 is 9.47 Å². The van der Waals surface area contributed by atoms with Crippen molar-refractivity contribution in [3.05, 3.63) is 57.2 Å². The molecule has 0 unspecified atom stereocenters. The first-order valence-electron chi connectivity index (χ1n) is 6.33. The third kappa shape index (κ3) is 3.86. The van der Waals surface area contributed by atoms with Crippen molar-refractivity contribution in [2.24, 2.45) is 0 Å². The Morgan fingerprint density at radius 2 is 1.85 bits per heavy atom. The quantitative estimate of drug-likeness (QED) is 0.794. The molecule has 1 N–H and O–H groups in total. The number of methoxy groups -OCH3 is 1. The van der Waals surface area contributed by atoms with E-state index in [1.807, 2.05) is 36.4 Å². The van der Waals surface area contributed by atoms with Crippen LogP contribution in [0.1, 0.15) is 24.2 Å². The number of hydrogen-bond donors (Lipinski definition) is 1. The van der Waals surface area contributed by atoms with Gasteiger partial charge in [0.1, 0.15) is 18.1 Å². The molecule has 2 aromatic carbocycles. The van der Waals surface area contributed by atoms with Gasteiger partial charge in [-0.15, -0.1) is 0 Å². The SMILES string of the molecule is COc1ccc([C@H](C)O)c(OCc2ccc(I)cc2)c1. The third-order valence-electron chi connectivity index (χ3n) is 2.98. The number of rotatable bonds is 5. The monoisotopic (exact) mass is 384 g/mol. The molecule has 0 aliphatic rings.